The molecule has 0 saturated carbocycles. The van der Waals surface area contributed by atoms with Crippen LogP contribution in [0.1, 0.15) is 26.3 Å². The second kappa shape index (κ2) is 7.06. The number of halogens is 1. The van der Waals surface area contributed by atoms with Crippen molar-refractivity contribution in [1.82, 2.24) is 14.8 Å². The van der Waals surface area contributed by atoms with Gasteiger partial charge in [-0.2, -0.15) is 9.78 Å². The van der Waals surface area contributed by atoms with Crippen molar-refractivity contribution in [2.24, 2.45) is 0 Å². The molecular weight excluding hydrogens is 445 g/mol. The lowest BCUT2D eigenvalue weighted by Crippen LogP contribution is -2.16. The third-order valence-corrected chi connectivity index (χ3v) is 4.41. The first-order valence-corrected chi connectivity index (χ1v) is 9.07. The first-order valence-electron chi connectivity index (χ1n) is 7.99. The summed E-state index contributed by atoms with van der Waals surface area (Å²) < 4.78 is 7.68. The number of carboxylic acid groups (broad SMARTS) is 1. The molecule has 6 nitrogen and oxygen atoms in total. The van der Waals surface area contributed by atoms with Gasteiger partial charge in [0, 0.05) is 20.9 Å². The molecule has 3 aromatic rings. The predicted molar refractivity (Wildman–Crippen MR) is 107 cm³/mol. The Balaban J connectivity index is 2.34. The topological polar surface area (TPSA) is 77.2 Å². The van der Waals surface area contributed by atoms with Gasteiger partial charge in [0.25, 0.3) is 0 Å². The molecule has 0 amide bonds. The van der Waals surface area contributed by atoms with Crippen LogP contribution >= 0.6 is 22.6 Å². The van der Waals surface area contributed by atoms with Gasteiger partial charge in [0.1, 0.15) is 5.69 Å². The first-order chi connectivity index (χ1) is 12.3. The Morgan fingerprint density at radius 2 is 1.96 bits per heavy atom. The Morgan fingerprint density at radius 3 is 2.54 bits per heavy atom. The molecule has 1 aromatic carbocycles. The van der Waals surface area contributed by atoms with Crippen LogP contribution in [0.4, 0.5) is 4.79 Å². The quantitative estimate of drug-likeness (QED) is 0.442. The lowest BCUT2D eigenvalue weighted by Gasteiger charge is -2.20. The van der Waals surface area contributed by atoms with Crippen molar-refractivity contribution in [3.8, 4) is 23.0 Å². The van der Waals surface area contributed by atoms with E-state index in [-0.39, 0.29) is 5.88 Å². The molecule has 3 rings (SSSR count). The van der Waals surface area contributed by atoms with Gasteiger partial charge in [-0.1, -0.05) is 39.0 Å². The van der Waals surface area contributed by atoms with E-state index in [1.165, 1.54) is 4.68 Å². The van der Waals surface area contributed by atoms with Gasteiger partial charge < -0.3 is 9.84 Å². The molecule has 0 aliphatic rings. The van der Waals surface area contributed by atoms with Gasteiger partial charge in [0.15, 0.2) is 5.82 Å². The minimum atomic E-state index is -1.39. The van der Waals surface area contributed by atoms with Crippen molar-refractivity contribution >= 4 is 28.7 Å². The monoisotopic (exact) mass is 463 g/mol. The third-order valence-electron chi connectivity index (χ3n) is 3.74. The average molecular weight is 463 g/mol. The molecule has 134 valence electrons. The Morgan fingerprint density at radius 1 is 1.19 bits per heavy atom. The molecule has 7 heteroatoms. The van der Waals surface area contributed by atoms with Gasteiger partial charge in [0.2, 0.25) is 5.88 Å². The number of rotatable bonds is 3. The van der Waals surface area contributed by atoms with Crippen LogP contribution in [0.2, 0.25) is 0 Å². The van der Waals surface area contributed by atoms with E-state index >= 15 is 0 Å². The number of benzene rings is 1. The maximum atomic E-state index is 11.3. The number of aromatic nitrogens is 3. The SMILES string of the molecule is CC(C)(C)c1c(-c2cccc(I)c2)nn(-c2ccccn2)c1OC(=O)O. The van der Waals surface area contributed by atoms with Crippen LogP contribution in [0.25, 0.3) is 17.1 Å². The molecule has 0 atom stereocenters. The third kappa shape index (κ3) is 3.72. The van der Waals surface area contributed by atoms with Crippen molar-refractivity contribution in [3.05, 3.63) is 57.8 Å². The van der Waals surface area contributed by atoms with Gasteiger partial charge in [0.05, 0.1) is 0 Å². The van der Waals surface area contributed by atoms with Crippen molar-refractivity contribution in [3.63, 3.8) is 0 Å². The summed E-state index contributed by atoms with van der Waals surface area (Å²) in [6.45, 7) is 6.00. The molecular formula is C19H18IN3O3. The second-order valence-electron chi connectivity index (χ2n) is 6.76. The highest BCUT2D eigenvalue weighted by Crippen LogP contribution is 2.40. The largest absolute Gasteiger partial charge is 0.512 e. The molecule has 0 spiro atoms. The fourth-order valence-electron chi connectivity index (χ4n) is 2.73. The van der Waals surface area contributed by atoms with Crippen LogP contribution in [-0.4, -0.2) is 26.0 Å². The van der Waals surface area contributed by atoms with Crippen molar-refractivity contribution in [1.29, 1.82) is 0 Å². The zero-order chi connectivity index (χ0) is 18.9. The highest BCUT2D eigenvalue weighted by atomic mass is 127. The number of ether oxygens (including phenoxy) is 1. The molecule has 1 N–H and O–H groups in total. The summed E-state index contributed by atoms with van der Waals surface area (Å²) in [7, 11) is 0. The van der Waals surface area contributed by atoms with Gasteiger partial charge in [-0.05, 0) is 52.3 Å². The summed E-state index contributed by atoms with van der Waals surface area (Å²) in [5.41, 5.74) is 1.89. The normalized spacial score (nSPS) is 11.4. The summed E-state index contributed by atoms with van der Waals surface area (Å²) >= 11 is 2.24. The summed E-state index contributed by atoms with van der Waals surface area (Å²) in [5.74, 6) is 0.656. The first kappa shape index (κ1) is 18.4. The van der Waals surface area contributed by atoms with Crippen LogP contribution in [0.3, 0.4) is 0 Å². The van der Waals surface area contributed by atoms with E-state index in [1.807, 2.05) is 51.1 Å². The number of hydrogen-bond donors (Lipinski definition) is 1. The standard InChI is InChI=1S/C19H18IN3O3/c1-19(2,3)15-16(12-7-6-8-13(20)11-12)22-23(17(15)26-18(24)25)14-9-4-5-10-21-14/h4-11H,1-3H3,(H,24,25). The lowest BCUT2D eigenvalue weighted by atomic mass is 9.85. The van der Waals surface area contributed by atoms with Gasteiger partial charge >= 0.3 is 6.16 Å². The molecule has 2 aromatic heterocycles. The summed E-state index contributed by atoms with van der Waals surface area (Å²) in [5, 5.41) is 13.9. The van der Waals surface area contributed by atoms with Crippen LogP contribution in [-0.2, 0) is 5.41 Å². The summed E-state index contributed by atoms with van der Waals surface area (Å²) in [4.78, 5) is 15.6. The van der Waals surface area contributed by atoms with Gasteiger partial charge in [-0.3, -0.25) is 0 Å². The molecule has 0 fully saturated rings. The zero-order valence-electron chi connectivity index (χ0n) is 14.6. The van der Waals surface area contributed by atoms with E-state index < -0.39 is 11.6 Å². The maximum absolute atomic E-state index is 11.3. The van der Waals surface area contributed by atoms with E-state index in [0.717, 1.165) is 9.13 Å². The van der Waals surface area contributed by atoms with Crippen molar-refractivity contribution < 1.29 is 14.6 Å². The van der Waals surface area contributed by atoms with Crippen molar-refractivity contribution in [2.75, 3.05) is 0 Å². The maximum Gasteiger partial charge on any atom is 0.512 e. The van der Waals surface area contributed by atoms with Crippen LogP contribution in [0, 0.1) is 3.57 Å². The van der Waals surface area contributed by atoms with Crippen LogP contribution in [0.5, 0.6) is 5.88 Å². The van der Waals surface area contributed by atoms with E-state index in [0.29, 0.717) is 17.1 Å². The zero-order valence-corrected chi connectivity index (χ0v) is 16.8. The summed E-state index contributed by atoms with van der Waals surface area (Å²) in [6.07, 6.45) is 0.241. The molecule has 2 heterocycles. The molecule has 0 radical (unpaired) electrons. The number of nitrogens with zero attached hydrogens (tertiary/aromatic N) is 3. The van der Waals surface area contributed by atoms with E-state index in [9.17, 15) is 9.90 Å². The highest BCUT2D eigenvalue weighted by molar-refractivity contribution is 14.1. The molecule has 26 heavy (non-hydrogen) atoms. The second-order valence-corrected chi connectivity index (χ2v) is 8.00. The molecule has 0 unspecified atom stereocenters. The average Bonchev–Trinajstić information content (AvgIpc) is 2.94. The van der Waals surface area contributed by atoms with Crippen LogP contribution in [0.15, 0.2) is 48.7 Å². The minimum Gasteiger partial charge on any atom is -0.449 e. The van der Waals surface area contributed by atoms with Crippen molar-refractivity contribution in [2.45, 2.75) is 26.2 Å². The number of pyridine rings is 1. The van der Waals surface area contributed by atoms with E-state index in [1.54, 1.807) is 18.3 Å². The fourth-order valence-corrected chi connectivity index (χ4v) is 3.27. The van der Waals surface area contributed by atoms with Gasteiger partial charge in [-0.15, -0.1) is 0 Å². The Labute approximate surface area is 165 Å². The fraction of sp³-hybridized carbons (Fsp3) is 0.211. The Bertz CT molecular complexity index is 946. The van der Waals surface area contributed by atoms with Crippen LogP contribution < -0.4 is 4.74 Å². The van der Waals surface area contributed by atoms with E-state index in [4.69, 9.17) is 4.74 Å². The van der Waals surface area contributed by atoms with E-state index in [2.05, 4.69) is 32.7 Å². The highest BCUT2D eigenvalue weighted by Gasteiger charge is 2.32. The lowest BCUT2D eigenvalue weighted by molar-refractivity contribution is 0.140. The summed E-state index contributed by atoms with van der Waals surface area (Å²) in [6, 6.07) is 13.3. The Kier molecular flexibility index (Phi) is 4.99. The Hall–Kier alpha value is -2.42. The predicted octanol–water partition coefficient (Wildman–Crippen LogP) is 4.89. The number of hydrogen-bond acceptors (Lipinski definition) is 4. The molecule has 0 aliphatic carbocycles. The molecule has 0 saturated heterocycles. The minimum absolute atomic E-state index is 0.164. The smallest absolute Gasteiger partial charge is 0.449 e. The van der Waals surface area contributed by atoms with Gasteiger partial charge in [-0.25, -0.2) is 9.78 Å². The molecule has 0 aliphatic heterocycles. The number of carbonyl (C=O) groups is 1. The molecule has 0 bridgehead atoms.